The first-order chi connectivity index (χ1) is 11.8. The Morgan fingerprint density at radius 3 is 2.68 bits per heavy atom. The Labute approximate surface area is 150 Å². The van der Waals surface area contributed by atoms with Crippen molar-refractivity contribution in [3.8, 4) is 0 Å². The van der Waals surface area contributed by atoms with E-state index in [0.717, 1.165) is 0 Å². The van der Waals surface area contributed by atoms with Crippen molar-refractivity contribution in [3.63, 3.8) is 0 Å². The van der Waals surface area contributed by atoms with Crippen molar-refractivity contribution < 1.29 is 17.9 Å². The number of rotatable bonds is 6. The van der Waals surface area contributed by atoms with E-state index in [4.69, 9.17) is 4.42 Å². The number of furan rings is 1. The Hall–Kier alpha value is -1.94. The molecule has 0 aliphatic rings. The number of aromatic nitrogens is 2. The zero-order chi connectivity index (χ0) is 18.2. The van der Waals surface area contributed by atoms with Gasteiger partial charge in [0.1, 0.15) is 10.5 Å². The second-order valence-electron chi connectivity index (χ2n) is 5.80. The maximum Gasteiger partial charge on any atom is 0.244 e. The van der Waals surface area contributed by atoms with Crippen molar-refractivity contribution in [2.24, 2.45) is 7.05 Å². The van der Waals surface area contributed by atoms with Crippen molar-refractivity contribution >= 4 is 21.4 Å². The lowest BCUT2D eigenvalue weighted by Crippen LogP contribution is -2.41. The molecule has 3 heterocycles. The summed E-state index contributed by atoms with van der Waals surface area (Å²) in [4.78, 5) is 0.756. The molecule has 0 aliphatic carbocycles. The molecule has 25 heavy (non-hydrogen) atoms. The third kappa shape index (κ3) is 3.15. The molecule has 0 fully saturated rings. The summed E-state index contributed by atoms with van der Waals surface area (Å²) in [5.74, 6) is 0. The summed E-state index contributed by atoms with van der Waals surface area (Å²) < 4.78 is 34.7. The predicted octanol–water partition coefficient (Wildman–Crippen LogP) is 1.91. The van der Waals surface area contributed by atoms with Crippen LogP contribution < -0.4 is 4.72 Å². The lowest BCUT2D eigenvalue weighted by Gasteiger charge is -2.26. The highest BCUT2D eigenvalue weighted by molar-refractivity contribution is 7.89. The number of nitrogens with one attached hydrogen (secondary N) is 1. The fourth-order valence-corrected chi connectivity index (χ4v) is 5.10. The van der Waals surface area contributed by atoms with Gasteiger partial charge in [0.25, 0.3) is 0 Å². The van der Waals surface area contributed by atoms with Crippen molar-refractivity contribution in [2.75, 3.05) is 6.54 Å². The third-order valence-corrected chi connectivity index (χ3v) is 6.83. The highest BCUT2D eigenvalue weighted by Crippen LogP contribution is 2.33. The summed E-state index contributed by atoms with van der Waals surface area (Å²) in [6, 6.07) is 5.18. The van der Waals surface area contributed by atoms with Gasteiger partial charge in [0.15, 0.2) is 0 Å². The standard InChI is InChI=1S/C16H19N3O4S2/c1-11-15(12(2)19(3)18-11)25(21,22)17-10-16(20,13-6-7-23-9-13)14-5-4-8-24-14/h4-9,17,20H,10H2,1-3H3. The van der Waals surface area contributed by atoms with Gasteiger partial charge in [-0.05, 0) is 31.4 Å². The molecule has 0 aliphatic heterocycles. The van der Waals surface area contributed by atoms with Gasteiger partial charge in [-0.3, -0.25) is 4.68 Å². The van der Waals surface area contributed by atoms with E-state index >= 15 is 0 Å². The molecule has 0 saturated carbocycles. The van der Waals surface area contributed by atoms with Crippen LogP contribution in [0.15, 0.2) is 45.4 Å². The van der Waals surface area contributed by atoms with Crippen LogP contribution in [0.25, 0.3) is 0 Å². The van der Waals surface area contributed by atoms with Crippen LogP contribution in [0.2, 0.25) is 0 Å². The molecule has 2 N–H and O–H groups in total. The normalized spacial score (nSPS) is 14.6. The molecule has 0 amide bonds. The lowest BCUT2D eigenvalue weighted by atomic mass is 9.95. The molecule has 0 spiro atoms. The fourth-order valence-electron chi connectivity index (χ4n) is 2.76. The molecule has 0 saturated heterocycles. The smallest absolute Gasteiger partial charge is 0.244 e. The van der Waals surface area contributed by atoms with Gasteiger partial charge < -0.3 is 9.52 Å². The molecule has 0 bridgehead atoms. The molecular weight excluding hydrogens is 362 g/mol. The van der Waals surface area contributed by atoms with Gasteiger partial charge in [-0.1, -0.05) is 6.07 Å². The average Bonchev–Trinajstić information content (AvgIpc) is 3.28. The molecule has 0 aromatic carbocycles. The zero-order valence-electron chi connectivity index (χ0n) is 14.1. The maximum atomic E-state index is 12.8. The molecule has 3 aromatic rings. The first kappa shape index (κ1) is 17.9. The lowest BCUT2D eigenvalue weighted by molar-refractivity contribution is 0.0891. The minimum absolute atomic E-state index is 0.135. The first-order valence-electron chi connectivity index (χ1n) is 7.54. The molecule has 7 nitrogen and oxygen atoms in total. The number of sulfonamides is 1. The van der Waals surface area contributed by atoms with Gasteiger partial charge in [-0.2, -0.15) is 5.10 Å². The molecule has 1 unspecified atom stereocenters. The van der Waals surface area contributed by atoms with Crippen molar-refractivity contribution in [1.29, 1.82) is 0 Å². The Morgan fingerprint density at radius 2 is 2.16 bits per heavy atom. The molecule has 9 heteroatoms. The Balaban J connectivity index is 1.94. The topological polar surface area (TPSA) is 97.4 Å². The van der Waals surface area contributed by atoms with Crippen LogP contribution in [-0.4, -0.2) is 29.8 Å². The van der Waals surface area contributed by atoms with E-state index in [2.05, 4.69) is 9.82 Å². The van der Waals surface area contributed by atoms with Gasteiger partial charge >= 0.3 is 0 Å². The summed E-state index contributed by atoms with van der Waals surface area (Å²) in [5, 5.41) is 17.2. The number of nitrogens with zero attached hydrogens (tertiary/aromatic N) is 2. The van der Waals surface area contributed by atoms with Crippen LogP contribution in [0, 0.1) is 13.8 Å². The average molecular weight is 381 g/mol. The van der Waals surface area contributed by atoms with Gasteiger partial charge in [0.05, 0.1) is 23.9 Å². The Morgan fingerprint density at radius 1 is 1.40 bits per heavy atom. The zero-order valence-corrected chi connectivity index (χ0v) is 15.7. The van der Waals surface area contributed by atoms with Crippen LogP contribution >= 0.6 is 11.3 Å². The van der Waals surface area contributed by atoms with Crippen molar-refractivity contribution in [3.05, 3.63) is 57.9 Å². The van der Waals surface area contributed by atoms with Crippen molar-refractivity contribution in [2.45, 2.75) is 24.3 Å². The van der Waals surface area contributed by atoms with E-state index in [9.17, 15) is 13.5 Å². The summed E-state index contributed by atoms with van der Waals surface area (Å²) in [7, 11) is -2.15. The summed E-state index contributed by atoms with van der Waals surface area (Å²) in [5.41, 5.74) is -0.0844. The Bertz CT molecular complexity index is 923. The minimum Gasteiger partial charge on any atom is -0.472 e. The van der Waals surface area contributed by atoms with Gasteiger partial charge in [-0.25, -0.2) is 13.1 Å². The largest absolute Gasteiger partial charge is 0.472 e. The molecule has 3 aromatic heterocycles. The number of hydrogen-bond acceptors (Lipinski definition) is 6. The van der Waals surface area contributed by atoms with E-state index in [1.54, 1.807) is 39.1 Å². The summed E-state index contributed by atoms with van der Waals surface area (Å²) in [6.45, 7) is 3.11. The van der Waals surface area contributed by atoms with Gasteiger partial charge in [0.2, 0.25) is 10.0 Å². The fraction of sp³-hybridized carbons (Fsp3) is 0.312. The maximum absolute atomic E-state index is 12.8. The molecule has 0 radical (unpaired) electrons. The number of aryl methyl sites for hydroxylation is 2. The molecule has 134 valence electrons. The van der Waals surface area contributed by atoms with Gasteiger partial charge in [0, 0.05) is 24.0 Å². The summed E-state index contributed by atoms with van der Waals surface area (Å²) >= 11 is 1.34. The van der Waals surface area contributed by atoms with Crippen molar-refractivity contribution in [1.82, 2.24) is 14.5 Å². The number of aliphatic hydroxyl groups is 1. The van der Waals surface area contributed by atoms with Crippen LogP contribution in [0.3, 0.4) is 0 Å². The highest BCUT2D eigenvalue weighted by atomic mass is 32.2. The van der Waals surface area contributed by atoms with Crippen LogP contribution in [0.5, 0.6) is 0 Å². The van der Waals surface area contributed by atoms with Gasteiger partial charge in [-0.15, -0.1) is 11.3 Å². The first-order valence-corrected chi connectivity index (χ1v) is 9.91. The second-order valence-corrected chi connectivity index (χ2v) is 8.45. The van der Waals surface area contributed by atoms with E-state index in [0.29, 0.717) is 21.8 Å². The SMILES string of the molecule is Cc1nn(C)c(C)c1S(=O)(=O)NCC(O)(c1ccoc1)c1cccs1. The number of thiophene rings is 1. The van der Waals surface area contributed by atoms with Crippen LogP contribution in [0.1, 0.15) is 21.8 Å². The molecule has 1 atom stereocenters. The number of hydrogen-bond donors (Lipinski definition) is 2. The Kier molecular flexibility index (Phi) is 4.58. The quantitative estimate of drug-likeness (QED) is 0.680. The highest BCUT2D eigenvalue weighted by Gasteiger charge is 2.36. The van der Waals surface area contributed by atoms with E-state index < -0.39 is 15.6 Å². The minimum atomic E-state index is -3.84. The van der Waals surface area contributed by atoms with E-state index in [-0.39, 0.29) is 11.4 Å². The van der Waals surface area contributed by atoms with Crippen LogP contribution in [0.4, 0.5) is 0 Å². The second kappa shape index (κ2) is 6.41. The molecule has 3 rings (SSSR count). The van der Waals surface area contributed by atoms with Crippen LogP contribution in [-0.2, 0) is 22.7 Å². The monoisotopic (exact) mass is 381 g/mol. The van der Waals surface area contributed by atoms with E-state index in [1.165, 1.54) is 28.5 Å². The summed E-state index contributed by atoms with van der Waals surface area (Å²) in [6.07, 6.45) is 2.85. The third-order valence-electron chi connectivity index (χ3n) is 4.16. The van der Waals surface area contributed by atoms with E-state index in [1.807, 2.05) is 5.38 Å². The molecular formula is C16H19N3O4S2. The predicted molar refractivity (Wildman–Crippen MR) is 93.9 cm³/mol.